The van der Waals surface area contributed by atoms with Crippen molar-refractivity contribution in [1.82, 2.24) is 0 Å². The standard InChI is InChI=1S/C16H15NO/c1-13-11-14(9-10-17)7-8-16(13)18-12-15-5-3-2-4-6-15/h2-8,11H,9,12H2,1H3. The molecule has 0 N–H and O–H groups in total. The summed E-state index contributed by atoms with van der Waals surface area (Å²) in [5.74, 6) is 0.876. The van der Waals surface area contributed by atoms with Crippen LogP contribution in [0.3, 0.4) is 0 Å². The molecule has 0 atom stereocenters. The molecule has 0 unspecified atom stereocenters. The van der Waals surface area contributed by atoms with E-state index in [-0.39, 0.29) is 0 Å². The van der Waals surface area contributed by atoms with Crippen LogP contribution in [0.2, 0.25) is 0 Å². The average molecular weight is 237 g/mol. The Hall–Kier alpha value is -2.27. The maximum absolute atomic E-state index is 8.65. The van der Waals surface area contributed by atoms with Crippen molar-refractivity contribution in [2.45, 2.75) is 20.0 Å². The number of ether oxygens (including phenoxy) is 1. The van der Waals surface area contributed by atoms with E-state index >= 15 is 0 Å². The van der Waals surface area contributed by atoms with Gasteiger partial charge in [0.25, 0.3) is 0 Å². The summed E-state index contributed by atoms with van der Waals surface area (Å²) >= 11 is 0. The van der Waals surface area contributed by atoms with Crippen molar-refractivity contribution in [3.05, 3.63) is 65.2 Å². The van der Waals surface area contributed by atoms with Gasteiger partial charge in [-0.25, -0.2) is 0 Å². The fourth-order valence-electron chi connectivity index (χ4n) is 1.81. The Morgan fingerprint density at radius 1 is 1.06 bits per heavy atom. The van der Waals surface area contributed by atoms with Crippen LogP contribution in [0.5, 0.6) is 5.75 Å². The molecular formula is C16H15NO. The van der Waals surface area contributed by atoms with E-state index in [1.165, 1.54) is 0 Å². The normalized spacial score (nSPS) is 9.78. The van der Waals surface area contributed by atoms with Crippen molar-refractivity contribution in [1.29, 1.82) is 5.26 Å². The predicted molar refractivity (Wildman–Crippen MR) is 71.3 cm³/mol. The molecule has 2 rings (SSSR count). The molecule has 2 aromatic carbocycles. The van der Waals surface area contributed by atoms with Crippen LogP contribution in [0.25, 0.3) is 0 Å². The molecule has 90 valence electrons. The Morgan fingerprint density at radius 2 is 1.83 bits per heavy atom. The van der Waals surface area contributed by atoms with Crippen LogP contribution in [0, 0.1) is 18.3 Å². The van der Waals surface area contributed by atoms with Crippen LogP contribution < -0.4 is 4.74 Å². The molecule has 0 amide bonds. The zero-order chi connectivity index (χ0) is 12.8. The van der Waals surface area contributed by atoms with Gasteiger partial charge in [-0.2, -0.15) is 5.26 Å². The molecule has 0 saturated heterocycles. The maximum Gasteiger partial charge on any atom is 0.122 e. The number of aryl methyl sites for hydroxylation is 1. The molecule has 0 aliphatic heterocycles. The first-order valence-corrected chi connectivity index (χ1v) is 5.93. The summed E-state index contributed by atoms with van der Waals surface area (Å²) in [6.07, 6.45) is 0.444. The van der Waals surface area contributed by atoms with E-state index in [9.17, 15) is 0 Å². The fourth-order valence-corrected chi connectivity index (χ4v) is 1.81. The number of benzene rings is 2. The van der Waals surface area contributed by atoms with Crippen LogP contribution in [-0.4, -0.2) is 0 Å². The van der Waals surface area contributed by atoms with Crippen molar-refractivity contribution in [3.63, 3.8) is 0 Å². The number of hydrogen-bond donors (Lipinski definition) is 0. The van der Waals surface area contributed by atoms with E-state index in [0.29, 0.717) is 13.0 Å². The molecule has 2 heteroatoms. The second-order valence-electron chi connectivity index (χ2n) is 4.21. The first-order valence-electron chi connectivity index (χ1n) is 5.93. The van der Waals surface area contributed by atoms with Gasteiger partial charge in [-0.15, -0.1) is 0 Å². The van der Waals surface area contributed by atoms with Crippen molar-refractivity contribution in [3.8, 4) is 11.8 Å². The molecule has 0 saturated carbocycles. The summed E-state index contributed by atoms with van der Waals surface area (Å²) in [6.45, 7) is 2.57. The molecule has 0 radical (unpaired) electrons. The first kappa shape index (κ1) is 12.2. The lowest BCUT2D eigenvalue weighted by molar-refractivity contribution is 0.304. The lowest BCUT2D eigenvalue weighted by atomic mass is 10.1. The van der Waals surface area contributed by atoms with Gasteiger partial charge in [-0.05, 0) is 29.7 Å². The van der Waals surface area contributed by atoms with Crippen molar-refractivity contribution in [2.24, 2.45) is 0 Å². The van der Waals surface area contributed by atoms with Crippen LogP contribution in [0.1, 0.15) is 16.7 Å². The van der Waals surface area contributed by atoms with Crippen molar-refractivity contribution < 1.29 is 4.74 Å². The Balaban J connectivity index is 2.04. The Labute approximate surface area is 107 Å². The topological polar surface area (TPSA) is 33.0 Å². The van der Waals surface area contributed by atoms with Gasteiger partial charge in [-0.1, -0.05) is 42.5 Å². The Kier molecular flexibility index (Phi) is 3.98. The SMILES string of the molecule is Cc1cc(CC#N)ccc1OCc1ccccc1. The number of nitrogens with zero attached hydrogens (tertiary/aromatic N) is 1. The lowest BCUT2D eigenvalue weighted by Gasteiger charge is -2.10. The van der Waals surface area contributed by atoms with Gasteiger partial charge in [-0.3, -0.25) is 0 Å². The Morgan fingerprint density at radius 3 is 2.50 bits per heavy atom. The predicted octanol–water partition coefficient (Wildman–Crippen LogP) is 3.64. The molecule has 0 aliphatic carbocycles. The summed E-state index contributed by atoms with van der Waals surface area (Å²) in [5.41, 5.74) is 3.25. The van der Waals surface area contributed by atoms with Crippen molar-refractivity contribution in [2.75, 3.05) is 0 Å². The molecule has 0 heterocycles. The summed E-state index contributed by atoms with van der Waals surface area (Å²) in [5, 5.41) is 8.65. The minimum atomic E-state index is 0.444. The van der Waals surface area contributed by atoms with Gasteiger partial charge in [0.05, 0.1) is 12.5 Å². The maximum atomic E-state index is 8.65. The van der Waals surface area contributed by atoms with Crippen LogP contribution in [0.15, 0.2) is 48.5 Å². The highest BCUT2D eigenvalue weighted by Gasteiger charge is 2.01. The van der Waals surface area contributed by atoms with E-state index < -0.39 is 0 Å². The Bertz CT molecular complexity index is 555. The van der Waals surface area contributed by atoms with E-state index in [1.54, 1.807) is 0 Å². The number of nitriles is 1. The molecule has 2 nitrogen and oxygen atoms in total. The third-order valence-electron chi connectivity index (χ3n) is 2.76. The first-order chi connectivity index (χ1) is 8.79. The van der Waals surface area contributed by atoms with Gasteiger partial charge >= 0.3 is 0 Å². The monoisotopic (exact) mass is 237 g/mol. The second kappa shape index (κ2) is 5.88. The summed E-state index contributed by atoms with van der Waals surface area (Å²) in [7, 11) is 0. The fraction of sp³-hybridized carbons (Fsp3) is 0.188. The minimum absolute atomic E-state index is 0.444. The van der Waals surface area contributed by atoms with E-state index in [0.717, 1.165) is 22.4 Å². The van der Waals surface area contributed by atoms with Crippen LogP contribution >= 0.6 is 0 Å². The zero-order valence-corrected chi connectivity index (χ0v) is 10.4. The quantitative estimate of drug-likeness (QED) is 0.813. The van der Waals surface area contributed by atoms with Crippen LogP contribution in [0.4, 0.5) is 0 Å². The van der Waals surface area contributed by atoms with Gasteiger partial charge in [0.1, 0.15) is 12.4 Å². The average Bonchev–Trinajstić information content (AvgIpc) is 2.39. The number of rotatable bonds is 4. The van der Waals surface area contributed by atoms with E-state index in [1.807, 2.05) is 55.5 Å². The van der Waals surface area contributed by atoms with Crippen LogP contribution in [-0.2, 0) is 13.0 Å². The molecule has 2 aromatic rings. The summed E-state index contributed by atoms with van der Waals surface area (Å²) in [6, 6.07) is 18.1. The molecule has 0 fully saturated rings. The summed E-state index contributed by atoms with van der Waals surface area (Å²) < 4.78 is 5.77. The van der Waals surface area contributed by atoms with Gasteiger partial charge < -0.3 is 4.74 Å². The third kappa shape index (κ3) is 3.11. The number of hydrogen-bond acceptors (Lipinski definition) is 2. The lowest BCUT2D eigenvalue weighted by Crippen LogP contribution is -1.97. The molecular weight excluding hydrogens is 222 g/mol. The van der Waals surface area contributed by atoms with E-state index in [4.69, 9.17) is 10.00 Å². The molecule has 0 bridgehead atoms. The minimum Gasteiger partial charge on any atom is -0.489 e. The highest BCUT2D eigenvalue weighted by atomic mass is 16.5. The smallest absolute Gasteiger partial charge is 0.122 e. The highest BCUT2D eigenvalue weighted by Crippen LogP contribution is 2.20. The van der Waals surface area contributed by atoms with Crippen molar-refractivity contribution >= 4 is 0 Å². The highest BCUT2D eigenvalue weighted by molar-refractivity contribution is 5.37. The largest absolute Gasteiger partial charge is 0.489 e. The van der Waals surface area contributed by atoms with Gasteiger partial charge in [0.15, 0.2) is 0 Å². The summed E-state index contributed by atoms with van der Waals surface area (Å²) in [4.78, 5) is 0. The molecule has 18 heavy (non-hydrogen) atoms. The molecule has 0 aromatic heterocycles. The van der Waals surface area contributed by atoms with E-state index in [2.05, 4.69) is 6.07 Å². The molecule has 0 spiro atoms. The van der Waals surface area contributed by atoms with Gasteiger partial charge in [0, 0.05) is 0 Å². The van der Waals surface area contributed by atoms with Gasteiger partial charge in [0.2, 0.25) is 0 Å². The third-order valence-corrected chi connectivity index (χ3v) is 2.76. The molecule has 0 aliphatic rings. The zero-order valence-electron chi connectivity index (χ0n) is 10.4. The second-order valence-corrected chi connectivity index (χ2v) is 4.21.